The minimum Gasteiger partial charge on any atom is -0.484 e. The third-order valence-corrected chi connectivity index (χ3v) is 3.92. The van der Waals surface area contributed by atoms with Gasteiger partial charge in [-0.25, -0.2) is 13.6 Å². The van der Waals surface area contributed by atoms with E-state index in [4.69, 9.17) is 9.88 Å². The van der Waals surface area contributed by atoms with Gasteiger partial charge in [-0.3, -0.25) is 9.59 Å². The number of amides is 2. The second kappa shape index (κ2) is 8.27. The summed E-state index contributed by atoms with van der Waals surface area (Å²) in [6, 6.07) is 14.3. The van der Waals surface area contributed by atoms with Crippen LogP contribution in [0.5, 0.6) is 5.75 Å². The molecular formula is C16H17N3O5S. The highest BCUT2D eigenvalue weighted by atomic mass is 32.2. The lowest BCUT2D eigenvalue weighted by molar-refractivity contribution is -0.125. The first kappa shape index (κ1) is 18.4. The Labute approximate surface area is 145 Å². The molecule has 0 unspecified atom stereocenters. The van der Waals surface area contributed by atoms with Crippen molar-refractivity contribution >= 4 is 27.5 Å². The number of hydrogen-bond acceptors (Lipinski definition) is 5. The Bertz CT molecular complexity index is 853. The van der Waals surface area contributed by atoms with Crippen LogP contribution in [0, 0.1) is 0 Å². The molecule has 0 saturated carbocycles. The van der Waals surface area contributed by atoms with Gasteiger partial charge in [0.05, 0.1) is 11.4 Å². The van der Waals surface area contributed by atoms with Crippen LogP contribution in [-0.2, 0) is 19.6 Å². The van der Waals surface area contributed by atoms with Crippen LogP contribution in [0.3, 0.4) is 0 Å². The third kappa shape index (κ3) is 6.24. The first-order valence-electron chi connectivity index (χ1n) is 7.22. The van der Waals surface area contributed by atoms with Gasteiger partial charge >= 0.3 is 0 Å². The Morgan fingerprint density at radius 3 is 2.40 bits per heavy atom. The molecule has 2 aromatic rings. The molecule has 25 heavy (non-hydrogen) atoms. The van der Waals surface area contributed by atoms with Gasteiger partial charge in [0.2, 0.25) is 15.9 Å². The van der Waals surface area contributed by atoms with Gasteiger partial charge in [0.15, 0.2) is 6.61 Å². The molecule has 0 aliphatic carbocycles. The minimum absolute atomic E-state index is 0.120. The van der Waals surface area contributed by atoms with Crippen LogP contribution in [0.15, 0.2) is 59.5 Å². The smallest absolute Gasteiger partial charge is 0.258 e. The zero-order valence-corrected chi connectivity index (χ0v) is 14.0. The number of rotatable bonds is 7. The molecule has 0 radical (unpaired) electrons. The van der Waals surface area contributed by atoms with Crippen molar-refractivity contribution in [3.8, 4) is 5.75 Å². The fourth-order valence-corrected chi connectivity index (χ4v) is 2.41. The van der Waals surface area contributed by atoms with Gasteiger partial charge in [-0.15, -0.1) is 0 Å². The fourth-order valence-electron chi connectivity index (χ4n) is 1.85. The van der Waals surface area contributed by atoms with Gasteiger partial charge in [-0.05, 0) is 30.3 Å². The topological polar surface area (TPSA) is 128 Å². The number of para-hydroxylation sites is 1. The number of anilines is 1. The van der Waals surface area contributed by atoms with Crippen LogP contribution in [-0.4, -0.2) is 33.4 Å². The summed E-state index contributed by atoms with van der Waals surface area (Å²) in [5.74, 6) is -0.432. The molecule has 0 aliphatic heterocycles. The molecule has 0 spiro atoms. The number of benzene rings is 2. The summed E-state index contributed by atoms with van der Waals surface area (Å²) < 4.78 is 27.8. The average Bonchev–Trinajstić information content (AvgIpc) is 2.58. The molecule has 0 saturated heterocycles. The SMILES string of the molecule is NS(=O)(=O)c1cccc(NC(=O)CNC(=O)COc2ccccc2)c1. The number of ether oxygens (including phenoxy) is 1. The van der Waals surface area contributed by atoms with Crippen molar-refractivity contribution < 1.29 is 22.7 Å². The molecule has 0 bridgehead atoms. The lowest BCUT2D eigenvalue weighted by Crippen LogP contribution is -2.35. The van der Waals surface area contributed by atoms with E-state index in [1.165, 1.54) is 24.3 Å². The van der Waals surface area contributed by atoms with Gasteiger partial charge in [0.1, 0.15) is 5.75 Å². The normalized spacial score (nSPS) is 10.8. The van der Waals surface area contributed by atoms with E-state index < -0.39 is 21.8 Å². The highest BCUT2D eigenvalue weighted by Gasteiger charge is 2.10. The fraction of sp³-hybridized carbons (Fsp3) is 0.125. The predicted molar refractivity (Wildman–Crippen MR) is 91.4 cm³/mol. The molecular weight excluding hydrogens is 346 g/mol. The van der Waals surface area contributed by atoms with Gasteiger partial charge in [-0.2, -0.15) is 0 Å². The molecule has 8 nitrogen and oxygen atoms in total. The minimum atomic E-state index is -3.86. The Morgan fingerprint density at radius 2 is 1.72 bits per heavy atom. The van der Waals surface area contributed by atoms with Crippen LogP contribution >= 0.6 is 0 Å². The summed E-state index contributed by atoms with van der Waals surface area (Å²) in [5, 5.41) is 9.89. The van der Waals surface area contributed by atoms with Crippen LogP contribution in [0.4, 0.5) is 5.69 Å². The summed E-state index contributed by atoms with van der Waals surface area (Å²) in [6.07, 6.45) is 0. The molecule has 2 amide bonds. The van der Waals surface area contributed by atoms with E-state index >= 15 is 0 Å². The molecule has 4 N–H and O–H groups in total. The average molecular weight is 363 g/mol. The summed E-state index contributed by atoms with van der Waals surface area (Å²) in [7, 11) is -3.86. The van der Waals surface area contributed by atoms with E-state index in [1.54, 1.807) is 24.3 Å². The number of nitrogens with two attached hydrogens (primary N) is 1. The maximum atomic E-state index is 11.8. The van der Waals surface area contributed by atoms with Crippen molar-refractivity contribution in [3.05, 3.63) is 54.6 Å². The molecule has 2 aromatic carbocycles. The number of carbonyl (C=O) groups is 2. The van der Waals surface area contributed by atoms with Crippen LogP contribution in [0.1, 0.15) is 0 Å². The number of carbonyl (C=O) groups excluding carboxylic acids is 2. The lowest BCUT2D eigenvalue weighted by atomic mass is 10.3. The van der Waals surface area contributed by atoms with Crippen LogP contribution in [0.2, 0.25) is 0 Å². The highest BCUT2D eigenvalue weighted by molar-refractivity contribution is 7.89. The molecule has 0 atom stereocenters. The van der Waals surface area contributed by atoms with E-state index in [9.17, 15) is 18.0 Å². The van der Waals surface area contributed by atoms with E-state index in [-0.39, 0.29) is 23.7 Å². The van der Waals surface area contributed by atoms with Gasteiger partial charge in [-0.1, -0.05) is 24.3 Å². The molecule has 9 heteroatoms. The zero-order chi connectivity index (χ0) is 18.3. The summed E-state index contributed by atoms with van der Waals surface area (Å²) >= 11 is 0. The second-order valence-corrected chi connectivity index (χ2v) is 6.56. The van der Waals surface area contributed by atoms with Crippen molar-refractivity contribution in [3.63, 3.8) is 0 Å². The van der Waals surface area contributed by atoms with Crippen molar-refractivity contribution in [1.82, 2.24) is 5.32 Å². The quantitative estimate of drug-likeness (QED) is 0.659. The first-order valence-corrected chi connectivity index (χ1v) is 8.76. The molecule has 2 rings (SSSR count). The molecule has 0 aromatic heterocycles. The Balaban J connectivity index is 1.79. The van der Waals surface area contributed by atoms with Crippen LogP contribution in [0.25, 0.3) is 0 Å². The second-order valence-electron chi connectivity index (χ2n) is 5.00. The molecule has 0 heterocycles. The monoisotopic (exact) mass is 363 g/mol. The third-order valence-electron chi connectivity index (χ3n) is 3.01. The van der Waals surface area contributed by atoms with E-state index in [1.807, 2.05) is 6.07 Å². The van der Waals surface area contributed by atoms with Gasteiger partial charge in [0.25, 0.3) is 5.91 Å². The molecule has 0 fully saturated rings. The number of primary sulfonamides is 1. The Morgan fingerprint density at radius 1 is 1.00 bits per heavy atom. The summed E-state index contributed by atoms with van der Waals surface area (Å²) in [5.41, 5.74) is 0.256. The van der Waals surface area contributed by atoms with Crippen molar-refractivity contribution in [2.45, 2.75) is 4.90 Å². The first-order chi connectivity index (χ1) is 11.8. The van der Waals surface area contributed by atoms with E-state index in [0.29, 0.717) is 5.75 Å². The van der Waals surface area contributed by atoms with E-state index in [2.05, 4.69) is 10.6 Å². The summed E-state index contributed by atoms with van der Waals surface area (Å²) in [6.45, 7) is -0.505. The van der Waals surface area contributed by atoms with Gasteiger partial charge in [0, 0.05) is 5.69 Å². The maximum Gasteiger partial charge on any atom is 0.258 e. The highest BCUT2D eigenvalue weighted by Crippen LogP contribution is 2.13. The van der Waals surface area contributed by atoms with Crippen LogP contribution < -0.4 is 20.5 Å². The standard InChI is InChI=1S/C16H17N3O5S/c17-25(22,23)14-8-4-5-12(9-14)19-15(20)10-18-16(21)11-24-13-6-2-1-3-7-13/h1-9H,10-11H2,(H,18,21)(H,19,20)(H2,17,22,23). The van der Waals surface area contributed by atoms with Crippen molar-refractivity contribution in [2.75, 3.05) is 18.5 Å². The van der Waals surface area contributed by atoms with Crippen molar-refractivity contribution in [2.24, 2.45) is 5.14 Å². The number of nitrogens with one attached hydrogen (secondary N) is 2. The van der Waals surface area contributed by atoms with Crippen molar-refractivity contribution in [1.29, 1.82) is 0 Å². The predicted octanol–water partition coefficient (Wildman–Crippen LogP) is 0.468. The Hall–Kier alpha value is -2.91. The van der Waals surface area contributed by atoms with Gasteiger partial charge < -0.3 is 15.4 Å². The number of sulfonamides is 1. The largest absolute Gasteiger partial charge is 0.484 e. The summed E-state index contributed by atoms with van der Waals surface area (Å²) in [4.78, 5) is 23.3. The number of hydrogen-bond donors (Lipinski definition) is 3. The Kier molecular flexibility index (Phi) is 6.09. The molecule has 132 valence electrons. The lowest BCUT2D eigenvalue weighted by Gasteiger charge is -2.09. The molecule has 0 aliphatic rings. The zero-order valence-electron chi connectivity index (χ0n) is 13.1. The van der Waals surface area contributed by atoms with E-state index in [0.717, 1.165) is 0 Å². The maximum absolute atomic E-state index is 11.8.